The molecule has 6 nitrogen and oxygen atoms in total. The third kappa shape index (κ3) is 4.32. The van der Waals surface area contributed by atoms with Crippen molar-refractivity contribution < 1.29 is 24.2 Å². The number of benzene rings is 3. The molecule has 3 aromatic carbocycles. The molecule has 7 heteroatoms. The van der Waals surface area contributed by atoms with E-state index in [9.17, 15) is 19.1 Å². The van der Waals surface area contributed by atoms with Gasteiger partial charge in [0.25, 0.3) is 5.91 Å². The lowest BCUT2D eigenvalue weighted by Crippen LogP contribution is -2.16. The summed E-state index contributed by atoms with van der Waals surface area (Å²) in [5.74, 6) is -1.95. The van der Waals surface area contributed by atoms with Gasteiger partial charge in [-0.05, 0) is 84.0 Å². The number of carbonyl (C=O) groups is 2. The fourth-order valence-electron chi connectivity index (χ4n) is 3.90. The van der Waals surface area contributed by atoms with Gasteiger partial charge in [-0.3, -0.25) is 4.79 Å². The van der Waals surface area contributed by atoms with Crippen LogP contribution in [-0.4, -0.2) is 27.1 Å². The van der Waals surface area contributed by atoms with E-state index >= 15 is 0 Å². The van der Waals surface area contributed by atoms with E-state index in [2.05, 4.69) is 5.32 Å². The Morgan fingerprint density at radius 1 is 0.971 bits per heavy atom. The van der Waals surface area contributed by atoms with Gasteiger partial charge < -0.3 is 15.5 Å². The minimum Gasteiger partial charge on any atom is -0.508 e. The van der Waals surface area contributed by atoms with Crippen LogP contribution in [0.2, 0.25) is 0 Å². The normalized spacial score (nSPS) is 11.1. The number of rotatable bonds is 5. The number of nitrogens with one attached hydrogen (secondary N) is 1. The van der Waals surface area contributed by atoms with E-state index in [1.54, 1.807) is 31.2 Å². The molecule has 1 amide bonds. The van der Waals surface area contributed by atoms with Gasteiger partial charge in [0.2, 0.25) is 0 Å². The van der Waals surface area contributed by atoms with Gasteiger partial charge in [0.1, 0.15) is 17.3 Å². The number of carboxylic acid groups (broad SMARTS) is 1. The van der Waals surface area contributed by atoms with Gasteiger partial charge in [-0.25, -0.2) is 14.2 Å². The maximum atomic E-state index is 14.0. The summed E-state index contributed by atoms with van der Waals surface area (Å²) in [5, 5.41) is 23.1. The number of fused-ring (bicyclic) bond motifs is 1. The Morgan fingerprint density at radius 2 is 1.68 bits per heavy atom. The number of pyridine rings is 1. The molecule has 0 aliphatic heterocycles. The van der Waals surface area contributed by atoms with E-state index < -0.39 is 11.9 Å². The molecule has 0 saturated carbocycles. The van der Waals surface area contributed by atoms with Crippen molar-refractivity contribution in [3.63, 3.8) is 0 Å². The quantitative estimate of drug-likeness (QED) is 0.334. The Hall–Kier alpha value is -4.26. The fraction of sp³-hybridized carbons (Fsp3) is 0.148. The van der Waals surface area contributed by atoms with Gasteiger partial charge in [0.05, 0.1) is 11.3 Å². The number of phenolic OH excluding ortho intramolecular Hbond substituents is 1. The summed E-state index contributed by atoms with van der Waals surface area (Å²) in [4.78, 5) is 29.0. The predicted molar refractivity (Wildman–Crippen MR) is 129 cm³/mol. The SMILES string of the molecule is Cc1cc(-c2c(C(C)C)nc(C(=O)Nc3ccc(C(=O)O)cc3)c3cc(O)ccc23)ccc1F. The van der Waals surface area contributed by atoms with Crippen LogP contribution in [0, 0.1) is 12.7 Å². The van der Waals surface area contributed by atoms with E-state index in [0.29, 0.717) is 27.7 Å². The van der Waals surface area contributed by atoms with Crippen LogP contribution in [0.15, 0.2) is 60.7 Å². The van der Waals surface area contributed by atoms with Crippen LogP contribution in [0.4, 0.5) is 10.1 Å². The smallest absolute Gasteiger partial charge is 0.335 e. The number of phenols is 1. The summed E-state index contributed by atoms with van der Waals surface area (Å²) >= 11 is 0. The zero-order chi connectivity index (χ0) is 24.6. The molecule has 0 aliphatic carbocycles. The first-order valence-electron chi connectivity index (χ1n) is 10.7. The van der Waals surface area contributed by atoms with E-state index in [4.69, 9.17) is 10.1 Å². The molecule has 0 aliphatic rings. The number of aryl methyl sites for hydroxylation is 1. The van der Waals surface area contributed by atoms with Crippen LogP contribution in [-0.2, 0) is 0 Å². The second-order valence-electron chi connectivity index (χ2n) is 8.41. The third-order valence-corrected chi connectivity index (χ3v) is 5.61. The number of halogens is 1. The van der Waals surface area contributed by atoms with Gasteiger partial charge in [0.15, 0.2) is 0 Å². The fourth-order valence-corrected chi connectivity index (χ4v) is 3.90. The van der Waals surface area contributed by atoms with Crippen molar-refractivity contribution in [3.8, 4) is 16.9 Å². The molecular formula is C27H23FN2O4. The molecule has 0 saturated heterocycles. The summed E-state index contributed by atoms with van der Waals surface area (Å²) < 4.78 is 14.0. The van der Waals surface area contributed by atoms with Crippen molar-refractivity contribution in [2.24, 2.45) is 0 Å². The van der Waals surface area contributed by atoms with E-state index in [1.807, 2.05) is 13.8 Å². The zero-order valence-electron chi connectivity index (χ0n) is 18.9. The minimum absolute atomic E-state index is 0.0207. The first kappa shape index (κ1) is 22.9. The van der Waals surface area contributed by atoms with Gasteiger partial charge in [-0.2, -0.15) is 0 Å². The molecule has 0 radical (unpaired) electrons. The number of hydrogen-bond acceptors (Lipinski definition) is 4. The Bertz CT molecular complexity index is 1430. The van der Waals surface area contributed by atoms with Crippen LogP contribution in [0.3, 0.4) is 0 Å². The molecule has 0 atom stereocenters. The van der Waals surface area contributed by atoms with E-state index in [-0.39, 0.29) is 28.7 Å². The number of carboxylic acids is 1. The average molecular weight is 458 g/mol. The van der Waals surface area contributed by atoms with Crippen molar-refractivity contribution >= 4 is 28.3 Å². The van der Waals surface area contributed by atoms with Crippen molar-refractivity contribution in [2.75, 3.05) is 5.32 Å². The Balaban J connectivity index is 1.89. The first-order chi connectivity index (χ1) is 16.2. The van der Waals surface area contributed by atoms with Crippen LogP contribution >= 0.6 is 0 Å². The number of carbonyl (C=O) groups excluding carboxylic acids is 1. The van der Waals surface area contributed by atoms with E-state index in [1.165, 1.54) is 36.4 Å². The molecule has 0 bridgehead atoms. The number of aromatic hydroxyl groups is 1. The highest BCUT2D eigenvalue weighted by atomic mass is 19.1. The highest BCUT2D eigenvalue weighted by Gasteiger charge is 2.22. The lowest BCUT2D eigenvalue weighted by atomic mass is 9.90. The number of hydrogen-bond donors (Lipinski definition) is 3. The molecular weight excluding hydrogens is 435 g/mol. The van der Waals surface area contributed by atoms with Crippen LogP contribution in [0.1, 0.15) is 51.9 Å². The van der Waals surface area contributed by atoms with Gasteiger partial charge >= 0.3 is 5.97 Å². The molecule has 3 N–H and O–H groups in total. The van der Waals surface area contributed by atoms with Gasteiger partial charge in [-0.1, -0.05) is 19.9 Å². The number of anilines is 1. The zero-order valence-corrected chi connectivity index (χ0v) is 18.9. The summed E-state index contributed by atoms with van der Waals surface area (Å²) in [6.07, 6.45) is 0. The molecule has 172 valence electrons. The maximum absolute atomic E-state index is 14.0. The molecule has 1 heterocycles. The topological polar surface area (TPSA) is 99.5 Å². The lowest BCUT2D eigenvalue weighted by Gasteiger charge is -2.19. The Labute approximate surface area is 195 Å². The molecule has 0 spiro atoms. The summed E-state index contributed by atoms with van der Waals surface area (Å²) in [6, 6.07) is 15.4. The van der Waals surface area contributed by atoms with Crippen LogP contribution in [0.25, 0.3) is 21.9 Å². The summed E-state index contributed by atoms with van der Waals surface area (Å²) in [5.41, 5.74) is 3.33. The highest BCUT2D eigenvalue weighted by Crippen LogP contribution is 2.38. The minimum atomic E-state index is -1.06. The average Bonchev–Trinajstić information content (AvgIpc) is 2.80. The van der Waals surface area contributed by atoms with Crippen molar-refractivity contribution in [2.45, 2.75) is 26.7 Å². The predicted octanol–water partition coefficient (Wildman–Crippen LogP) is 6.13. The Morgan fingerprint density at radius 3 is 2.29 bits per heavy atom. The number of amides is 1. The molecule has 0 fully saturated rings. The standard InChI is InChI=1S/C27H23FN2O4/c1-14(2)24-23(17-6-11-22(28)15(3)12-17)20-10-9-19(31)13-21(20)25(30-24)26(32)29-18-7-4-16(5-8-18)27(33)34/h4-14,31H,1-3H3,(H,29,32)(H,33,34). The number of aromatic carboxylic acids is 1. The second-order valence-corrected chi connectivity index (χ2v) is 8.41. The second kappa shape index (κ2) is 8.94. The summed E-state index contributed by atoms with van der Waals surface area (Å²) in [6.45, 7) is 5.61. The van der Waals surface area contributed by atoms with Gasteiger partial charge in [0, 0.05) is 16.6 Å². The molecule has 0 unspecified atom stereocenters. The highest BCUT2D eigenvalue weighted by molar-refractivity contribution is 6.14. The Kier molecular flexibility index (Phi) is 6.03. The van der Waals surface area contributed by atoms with Crippen molar-refractivity contribution in [3.05, 3.63) is 89.0 Å². The van der Waals surface area contributed by atoms with Gasteiger partial charge in [-0.15, -0.1) is 0 Å². The largest absolute Gasteiger partial charge is 0.508 e. The number of nitrogens with zero attached hydrogens (tertiary/aromatic N) is 1. The monoisotopic (exact) mass is 458 g/mol. The number of aromatic nitrogens is 1. The van der Waals surface area contributed by atoms with Crippen molar-refractivity contribution in [1.29, 1.82) is 0 Å². The molecule has 1 aromatic heterocycles. The lowest BCUT2D eigenvalue weighted by molar-refractivity contribution is 0.0696. The maximum Gasteiger partial charge on any atom is 0.335 e. The molecule has 34 heavy (non-hydrogen) atoms. The van der Waals surface area contributed by atoms with Crippen LogP contribution < -0.4 is 5.32 Å². The molecule has 4 aromatic rings. The van der Waals surface area contributed by atoms with Crippen molar-refractivity contribution in [1.82, 2.24) is 4.98 Å². The summed E-state index contributed by atoms with van der Waals surface area (Å²) in [7, 11) is 0. The molecule has 4 rings (SSSR count). The third-order valence-electron chi connectivity index (χ3n) is 5.61. The van der Waals surface area contributed by atoms with E-state index in [0.717, 1.165) is 11.1 Å². The van der Waals surface area contributed by atoms with Crippen LogP contribution in [0.5, 0.6) is 5.75 Å². The first-order valence-corrected chi connectivity index (χ1v) is 10.7.